The van der Waals surface area contributed by atoms with E-state index in [4.69, 9.17) is 43.0 Å². The lowest BCUT2D eigenvalue weighted by atomic mass is 9.92. The molecule has 39 heavy (non-hydrogen) atoms. The highest BCUT2D eigenvalue weighted by Crippen LogP contribution is 2.40. The molecule has 3 aromatic carbocycles. The summed E-state index contributed by atoms with van der Waals surface area (Å²) in [5, 5.41) is 28.7. The first-order valence-corrected chi connectivity index (χ1v) is 13.3. The number of hydrogen-bond acceptors (Lipinski definition) is 4. The van der Waals surface area contributed by atoms with Crippen LogP contribution in [-0.2, 0) is 15.8 Å². The van der Waals surface area contributed by atoms with E-state index in [-0.39, 0.29) is 0 Å². The Balaban J connectivity index is 0.000000798. The van der Waals surface area contributed by atoms with Crippen molar-refractivity contribution in [3.63, 3.8) is 0 Å². The van der Waals surface area contributed by atoms with Gasteiger partial charge < -0.3 is 20.2 Å². The predicted molar refractivity (Wildman–Crippen MR) is 148 cm³/mol. The molecule has 214 valence electrons. The Kier molecular flexibility index (Phi) is 12.3. The molecule has 0 fully saturated rings. The van der Waals surface area contributed by atoms with Crippen molar-refractivity contribution in [1.82, 2.24) is 4.90 Å². The molecule has 6 nitrogen and oxygen atoms in total. The van der Waals surface area contributed by atoms with Crippen LogP contribution in [-0.4, -0.2) is 51.8 Å². The number of unbranched alkanes of at least 4 members (excludes halogenated alkanes) is 2. The molecule has 3 aromatic rings. The number of rotatable bonds is 10. The first-order valence-electron chi connectivity index (χ1n) is 12.6. The Labute approximate surface area is 234 Å². The third-order valence-corrected chi connectivity index (χ3v) is 6.79. The Bertz CT molecular complexity index is 1280. The number of alkyl halides is 3. The molecule has 1 atom stereocenters. The molecule has 3 N–H and O–H groups in total. The van der Waals surface area contributed by atoms with Crippen molar-refractivity contribution in [2.75, 3.05) is 19.6 Å². The van der Waals surface area contributed by atoms with Crippen molar-refractivity contribution >= 4 is 56.7 Å². The number of carboxylic acids is 2. The van der Waals surface area contributed by atoms with Gasteiger partial charge in [0.2, 0.25) is 0 Å². The molecule has 0 heterocycles. The van der Waals surface area contributed by atoms with E-state index in [9.17, 15) is 18.3 Å². The fourth-order valence-electron chi connectivity index (χ4n) is 4.22. The molecule has 0 aliphatic heterocycles. The molecule has 0 aliphatic carbocycles. The second-order valence-electron chi connectivity index (χ2n) is 9.17. The number of hydrogen-bond donors (Lipinski definition) is 3. The lowest BCUT2D eigenvalue weighted by molar-refractivity contribution is -0.159. The minimum absolute atomic E-state index is 0.345. The third-order valence-electron chi connectivity index (χ3n) is 6.26. The van der Waals surface area contributed by atoms with Gasteiger partial charge in [0.05, 0.1) is 11.7 Å². The van der Waals surface area contributed by atoms with Crippen LogP contribution in [0.4, 0.5) is 13.2 Å². The van der Waals surface area contributed by atoms with Crippen LogP contribution in [0.2, 0.25) is 10.0 Å². The standard InChI is InChI=1S/C26H30Cl2F3NO.C2H2O4/c1-3-5-10-32(11-6-4-2)12-9-25(33)23-16-22-21(14-18(27)15-24(22)28)20-13-17(26(29,30)31)7-8-19(20)23;3-1(4)2(5)6/h7-8,13-16,25,33H,3-6,9-12H2,1-2H3;(H,3,4)(H,5,6). The van der Waals surface area contributed by atoms with Gasteiger partial charge in [-0.3, -0.25) is 0 Å². The Morgan fingerprint density at radius 1 is 0.846 bits per heavy atom. The molecular weight excluding hydrogens is 558 g/mol. The Morgan fingerprint density at radius 2 is 1.41 bits per heavy atom. The highest BCUT2D eigenvalue weighted by molar-refractivity contribution is 6.39. The molecule has 1 unspecified atom stereocenters. The largest absolute Gasteiger partial charge is 0.473 e. The zero-order valence-electron chi connectivity index (χ0n) is 21.7. The average Bonchev–Trinajstić information content (AvgIpc) is 2.87. The number of aliphatic hydroxyl groups is 1. The molecule has 0 amide bonds. The number of aliphatic carboxylic acids is 2. The third kappa shape index (κ3) is 9.24. The molecular formula is C28H32Cl2F3NO5. The molecule has 0 spiro atoms. The Hall–Kier alpha value is -2.59. The number of halogens is 5. The summed E-state index contributed by atoms with van der Waals surface area (Å²) >= 11 is 12.6. The van der Waals surface area contributed by atoms with Crippen LogP contribution in [0.1, 0.15) is 63.2 Å². The number of benzene rings is 3. The van der Waals surface area contributed by atoms with E-state index in [1.54, 1.807) is 18.2 Å². The molecule has 11 heteroatoms. The van der Waals surface area contributed by atoms with E-state index in [0.717, 1.165) is 57.5 Å². The summed E-state index contributed by atoms with van der Waals surface area (Å²) < 4.78 is 40.3. The monoisotopic (exact) mass is 589 g/mol. The van der Waals surface area contributed by atoms with Crippen LogP contribution in [0, 0.1) is 0 Å². The normalized spacial score (nSPS) is 12.4. The van der Waals surface area contributed by atoms with Crippen molar-refractivity contribution in [2.45, 2.75) is 58.2 Å². The van der Waals surface area contributed by atoms with Crippen LogP contribution in [0.5, 0.6) is 0 Å². The fourth-order valence-corrected chi connectivity index (χ4v) is 4.77. The van der Waals surface area contributed by atoms with Gasteiger partial charge in [-0.05, 0) is 84.4 Å². The predicted octanol–water partition coefficient (Wildman–Crippen LogP) is 7.80. The minimum atomic E-state index is -4.48. The minimum Gasteiger partial charge on any atom is -0.473 e. The van der Waals surface area contributed by atoms with Gasteiger partial charge in [0.1, 0.15) is 0 Å². The molecule has 0 saturated carbocycles. The lowest BCUT2D eigenvalue weighted by Crippen LogP contribution is -2.28. The van der Waals surface area contributed by atoms with Gasteiger partial charge in [0.25, 0.3) is 0 Å². The van der Waals surface area contributed by atoms with Gasteiger partial charge in [-0.25, -0.2) is 9.59 Å². The number of carboxylic acid groups (broad SMARTS) is 2. The van der Waals surface area contributed by atoms with Crippen LogP contribution >= 0.6 is 23.2 Å². The van der Waals surface area contributed by atoms with E-state index in [2.05, 4.69) is 18.7 Å². The van der Waals surface area contributed by atoms with Gasteiger partial charge in [-0.15, -0.1) is 0 Å². The first-order chi connectivity index (χ1) is 18.3. The maximum absolute atomic E-state index is 13.4. The first kappa shape index (κ1) is 32.6. The van der Waals surface area contributed by atoms with E-state index in [1.165, 1.54) is 6.07 Å². The van der Waals surface area contributed by atoms with Crippen molar-refractivity contribution in [1.29, 1.82) is 0 Å². The molecule has 0 aliphatic rings. The van der Waals surface area contributed by atoms with E-state index in [1.807, 2.05) is 0 Å². The number of carbonyl (C=O) groups is 2. The van der Waals surface area contributed by atoms with Gasteiger partial charge in [-0.2, -0.15) is 13.2 Å². The summed E-state index contributed by atoms with van der Waals surface area (Å²) in [5.74, 6) is -3.65. The number of fused-ring (bicyclic) bond motifs is 3. The van der Waals surface area contributed by atoms with Gasteiger partial charge >= 0.3 is 18.1 Å². The highest BCUT2D eigenvalue weighted by atomic mass is 35.5. The molecule has 0 bridgehead atoms. The zero-order valence-corrected chi connectivity index (χ0v) is 23.2. The van der Waals surface area contributed by atoms with Crippen LogP contribution < -0.4 is 0 Å². The average molecular weight is 590 g/mol. The summed E-state index contributed by atoms with van der Waals surface area (Å²) in [6.45, 7) is 6.97. The topological polar surface area (TPSA) is 98.1 Å². The van der Waals surface area contributed by atoms with Crippen LogP contribution in [0.25, 0.3) is 21.5 Å². The van der Waals surface area contributed by atoms with Gasteiger partial charge in [-0.1, -0.05) is 56.0 Å². The van der Waals surface area contributed by atoms with Crippen molar-refractivity contribution < 1.29 is 38.1 Å². The molecule has 0 aromatic heterocycles. The van der Waals surface area contributed by atoms with Crippen LogP contribution in [0.3, 0.4) is 0 Å². The number of aliphatic hydroxyl groups excluding tert-OH is 1. The second kappa shape index (κ2) is 14.7. The fraction of sp³-hybridized carbons (Fsp3) is 0.429. The van der Waals surface area contributed by atoms with E-state index < -0.39 is 29.8 Å². The summed E-state index contributed by atoms with van der Waals surface area (Å²) in [4.78, 5) is 20.6. The molecule has 0 saturated heterocycles. The van der Waals surface area contributed by atoms with Gasteiger partial charge in [0, 0.05) is 22.0 Å². The smallest absolute Gasteiger partial charge is 0.416 e. The lowest BCUT2D eigenvalue weighted by Gasteiger charge is -2.24. The number of nitrogens with zero attached hydrogens (tertiary/aromatic N) is 1. The van der Waals surface area contributed by atoms with E-state index in [0.29, 0.717) is 43.6 Å². The zero-order chi connectivity index (χ0) is 29.3. The summed E-state index contributed by atoms with van der Waals surface area (Å²) in [5.41, 5.74) is -0.161. The van der Waals surface area contributed by atoms with Crippen LogP contribution in [0.15, 0.2) is 36.4 Å². The SMILES string of the molecule is CCCCN(CCCC)CCC(O)c1cc2c(Cl)cc(Cl)cc2c2cc(C(F)(F)F)ccc12.O=C(O)C(=O)O. The quantitative estimate of drug-likeness (QED) is 0.165. The van der Waals surface area contributed by atoms with Crippen molar-refractivity contribution in [2.24, 2.45) is 0 Å². The maximum atomic E-state index is 13.4. The maximum Gasteiger partial charge on any atom is 0.416 e. The van der Waals surface area contributed by atoms with Crippen molar-refractivity contribution in [3.8, 4) is 0 Å². The summed E-state index contributed by atoms with van der Waals surface area (Å²) in [6.07, 6.45) is -0.431. The summed E-state index contributed by atoms with van der Waals surface area (Å²) in [6, 6.07) is 8.60. The molecule has 0 radical (unpaired) electrons. The second-order valence-corrected chi connectivity index (χ2v) is 10.0. The van der Waals surface area contributed by atoms with Crippen molar-refractivity contribution in [3.05, 3.63) is 57.6 Å². The van der Waals surface area contributed by atoms with Gasteiger partial charge in [0.15, 0.2) is 0 Å². The van der Waals surface area contributed by atoms with E-state index >= 15 is 0 Å². The summed E-state index contributed by atoms with van der Waals surface area (Å²) in [7, 11) is 0. The highest BCUT2D eigenvalue weighted by Gasteiger charge is 2.31. The molecule has 3 rings (SSSR count). The Morgan fingerprint density at radius 3 is 1.92 bits per heavy atom.